The van der Waals surface area contributed by atoms with E-state index in [4.69, 9.17) is 10.8 Å². The van der Waals surface area contributed by atoms with Gasteiger partial charge in [0.2, 0.25) is 0 Å². The molecule has 0 aliphatic carbocycles. The standard InChI is InChI=1S/C9H19NO3/c1-8(2,13)4-5-9(3,6-10)7(11)12/h13H,4-6,10H2,1-3H3,(H,11,12). The second-order valence-electron chi connectivity index (χ2n) is 4.38. The first-order valence-corrected chi connectivity index (χ1v) is 4.37. The summed E-state index contributed by atoms with van der Waals surface area (Å²) in [5, 5.41) is 18.3. The summed E-state index contributed by atoms with van der Waals surface area (Å²) in [7, 11) is 0. The minimum absolute atomic E-state index is 0.0956. The Bertz CT molecular complexity index is 186. The minimum Gasteiger partial charge on any atom is -0.481 e. The van der Waals surface area contributed by atoms with Gasteiger partial charge in [0.1, 0.15) is 0 Å². The molecule has 0 spiro atoms. The third-order valence-corrected chi connectivity index (χ3v) is 2.26. The first-order valence-electron chi connectivity index (χ1n) is 4.37. The molecule has 4 N–H and O–H groups in total. The quantitative estimate of drug-likeness (QED) is 0.591. The van der Waals surface area contributed by atoms with Gasteiger partial charge < -0.3 is 15.9 Å². The van der Waals surface area contributed by atoms with Gasteiger partial charge in [0.15, 0.2) is 0 Å². The highest BCUT2D eigenvalue weighted by atomic mass is 16.4. The van der Waals surface area contributed by atoms with Crippen molar-refractivity contribution in [3.05, 3.63) is 0 Å². The van der Waals surface area contributed by atoms with Crippen LogP contribution in [0.2, 0.25) is 0 Å². The molecule has 0 rings (SSSR count). The van der Waals surface area contributed by atoms with Crippen molar-refractivity contribution in [2.24, 2.45) is 11.1 Å². The van der Waals surface area contributed by atoms with E-state index in [-0.39, 0.29) is 6.54 Å². The third kappa shape index (κ3) is 4.24. The highest BCUT2D eigenvalue weighted by Gasteiger charge is 2.32. The Morgan fingerprint density at radius 2 is 1.77 bits per heavy atom. The lowest BCUT2D eigenvalue weighted by molar-refractivity contribution is -0.148. The second kappa shape index (κ2) is 4.07. The molecular formula is C9H19NO3. The van der Waals surface area contributed by atoms with Gasteiger partial charge in [-0.3, -0.25) is 4.79 Å². The molecule has 0 aromatic heterocycles. The Hall–Kier alpha value is -0.610. The molecule has 0 saturated carbocycles. The number of carboxylic acids is 1. The molecule has 0 bridgehead atoms. The summed E-state index contributed by atoms with van der Waals surface area (Å²) in [4.78, 5) is 10.8. The number of aliphatic carboxylic acids is 1. The largest absolute Gasteiger partial charge is 0.481 e. The summed E-state index contributed by atoms with van der Waals surface area (Å²) in [5.74, 6) is -0.903. The van der Waals surface area contributed by atoms with E-state index in [2.05, 4.69) is 0 Å². The lowest BCUT2D eigenvalue weighted by Gasteiger charge is -2.26. The van der Waals surface area contributed by atoms with Gasteiger partial charge in [0.25, 0.3) is 0 Å². The molecule has 0 saturated heterocycles. The zero-order chi connectivity index (χ0) is 10.7. The smallest absolute Gasteiger partial charge is 0.310 e. The molecule has 78 valence electrons. The molecule has 1 unspecified atom stereocenters. The van der Waals surface area contributed by atoms with Crippen molar-refractivity contribution in [2.45, 2.75) is 39.2 Å². The second-order valence-corrected chi connectivity index (χ2v) is 4.38. The highest BCUT2D eigenvalue weighted by Crippen LogP contribution is 2.25. The molecular weight excluding hydrogens is 170 g/mol. The van der Waals surface area contributed by atoms with Crippen LogP contribution >= 0.6 is 0 Å². The number of carbonyl (C=O) groups is 1. The summed E-state index contributed by atoms with van der Waals surface area (Å²) < 4.78 is 0. The first kappa shape index (κ1) is 12.4. The lowest BCUT2D eigenvalue weighted by Crippen LogP contribution is -2.37. The van der Waals surface area contributed by atoms with Crippen molar-refractivity contribution in [2.75, 3.05) is 6.54 Å². The first-order chi connectivity index (χ1) is 5.71. The SMILES string of the molecule is CC(C)(O)CCC(C)(CN)C(=O)O. The average molecular weight is 189 g/mol. The van der Waals surface area contributed by atoms with Crippen LogP contribution in [0, 0.1) is 5.41 Å². The number of carboxylic acid groups (broad SMARTS) is 1. The van der Waals surface area contributed by atoms with Crippen LogP contribution in [0.1, 0.15) is 33.6 Å². The van der Waals surface area contributed by atoms with Crippen LogP contribution < -0.4 is 5.73 Å². The van der Waals surface area contributed by atoms with Crippen molar-refractivity contribution in [1.82, 2.24) is 0 Å². The van der Waals surface area contributed by atoms with Gasteiger partial charge in [-0.2, -0.15) is 0 Å². The average Bonchev–Trinajstić information content (AvgIpc) is 1.98. The van der Waals surface area contributed by atoms with Gasteiger partial charge in [-0.25, -0.2) is 0 Å². The normalized spacial score (nSPS) is 16.7. The van der Waals surface area contributed by atoms with E-state index in [9.17, 15) is 9.90 Å². The van der Waals surface area contributed by atoms with Gasteiger partial charge >= 0.3 is 5.97 Å². The lowest BCUT2D eigenvalue weighted by atomic mass is 9.82. The Balaban J connectivity index is 4.22. The monoisotopic (exact) mass is 189 g/mol. The van der Waals surface area contributed by atoms with E-state index < -0.39 is 17.0 Å². The van der Waals surface area contributed by atoms with Crippen molar-refractivity contribution in [3.63, 3.8) is 0 Å². The molecule has 0 aliphatic rings. The van der Waals surface area contributed by atoms with E-state index >= 15 is 0 Å². The van der Waals surface area contributed by atoms with Crippen LogP contribution in [-0.4, -0.2) is 28.3 Å². The Labute approximate surface area is 78.7 Å². The van der Waals surface area contributed by atoms with Crippen molar-refractivity contribution in [1.29, 1.82) is 0 Å². The maximum absolute atomic E-state index is 10.8. The van der Waals surface area contributed by atoms with E-state index in [1.165, 1.54) is 0 Å². The Morgan fingerprint density at radius 3 is 2.00 bits per heavy atom. The number of nitrogens with two attached hydrogens (primary N) is 1. The van der Waals surface area contributed by atoms with Gasteiger partial charge in [-0.05, 0) is 33.6 Å². The molecule has 1 atom stereocenters. The fraction of sp³-hybridized carbons (Fsp3) is 0.889. The summed E-state index contributed by atoms with van der Waals surface area (Å²) in [5.41, 5.74) is 3.63. The van der Waals surface area contributed by atoms with Gasteiger partial charge in [0, 0.05) is 6.54 Å². The zero-order valence-electron chi connectivity index (χ0n) is 8.50. The molecule has 0 aromatic carbocycles. The predicted molar refractivity (Wildman–Crippen MR) is 50.3 cm³/mol. The Morgan fingerprint density at radius 1 is 1.31 bits per heavy atom. The van der Waals surface area contributed by atoms with Crippen LogP contribution in [0.3, 0.4) is 0 Å². The maximum Gasteiger partial charge on any atom is 0.310 e. The summed E-state index contributed by atoms with van der Waals surface area (Å²) >= 11 is 0. The summed E-state index contributed by atoms with van der Waals surface area (Å²) in [6.45, 7) is 5.01. The Kier molecular flexibility index (Phi) is 3.88. The van der Waals surface area contributed by atoms with Gasteiger partial charge in [0.05, 0.1) is 11.0 Å². The molecule has 0 heterocycles. The fourth-order valence-corrected chi connectivity index (χ4v) is 0.878. The van der Waals surface area contributed by atoms with Gasteiger partial charge in [-0.1, -0.05) is 0 Å². The highest BCUT2D eigenvalue weighted by molar-refractivity contribution is 5.74. The number of hydrogen-bond acceptors (Lipinski definition) is 3. The summed E-state index contributed by atoms with van der Waals surface area (Å²) in [6.07, 6.45) is 0.829. The molecule has 4 heteroatoms. The third-order valence-electron chi connectivity index (χ3n) is 2.26. The van der Waals surface area contributed by atoms with E-state index in [0.29, 0.717) is 12.8 Å². The van der Waals surface area contributed by atoms with Crippen LogP contribution in [0.15, 0.2) is 0 Å². The molecule has 0 amide bonds. The number of hydrogen-bond donors (Lipinski definition) is 3. The summed E-state index contributed by atoms with van der Waals surface area (Å²) in [6, 6.07) is 0. The molecule has 13 heavy (non-hydrogen) atoms. The molecule has 0 radical (unpaired) electrons. The van der Waals surface area contributed by atoms with Crippen LogP contribution in [-0.2, 0) is 4.79 Å². The topological polar surface area (TPSA) is 83.5 Å². The maximum atomic E-state index is 10.8. The van der Waals surface area contributed by atoms with Crippen LogP contribution in [0.25, 0.3) is 0 Å². The van der Waals surface area contributed by atoms with E-state index in [0.717, 1.165) is 0 Å². The van der Waals surface area contributed by atoms with Crippen molar-refractivity contribution in [3.8, 4) is 0 Å². The number of aliphatic hydroxyl groups is 1. The zero-order valence-corrected chi connectivity index (χ0v) is 8.50. The van der Waals surface area contributed by atoms with Crippen LogP contribution in [0.4, 0.5) is 0 Å². The minimum atomic E-state index is -0.917. The fourth-order valence-electron chi connectivity index (χ4n) is 0.878. The molecule has 0 fully saturated rings. The predicted octanol–water partition coefficient (Wildman–Crippen LogP) is 0.587. The van der Waals surface area contributed by atoms with E-state index in [1.54, 1.807) is 20.8 Å². The van der Waals surface area contributed by atoms with E-state index in [1.807, 2.05) is 0 Å². The van der Waals surface area contributed by atoms with Gasteiger partial charge in [-0.15, -0.1) is 0 Å². The molecule has 0 aliphatic heterocycles. The molecule has 4 nitrogen and oxygen atoms in total. The molecule has 0 aromatic rings. The van der Waals surface area contributed by atoms with Crippen molar-refractivity contribution < 1.29 is 15.0 Å². The number of rotatable bonds is 5. The van der Waals surface area contributed by atoms with Crippen molar-refractivity contribution >= 4 is 5.97 Å². The van der Waals surface area contributed by atoms with Crippen LogP contribution in [0.5, 0.6) is 0 Å².